The molecule has 0 aliphatic carbocycles. The molecule has 1 aromatic rings. The van der Waals surface area contributed by atoms with Crippen LogP contribution in [0, 0.1) is 5.92 Å². The molecule has 34 heavy (non-hydrogen) atoms. The van der Waals surface area contributed by atoms with E-state index >= 15 is 0 Å². The van der Waals surface area contributed by atoms with E-state index in [1.165, 1.54) is 26.1 Å². The highest BCUT2D eigenvalue weighted by Crippen LogP contribution is 2.37. The van der Waals surface area contributed by atoms with Crippen molar-refractivity contribution in [2.75, 3.05) is 0 Å². The van der Waals surface area contributed by atoms with Crippen LogP contribution in [-0.4, -0.2) is 21.8 Å². The van der Waals surface area contributed by atoms with Crippen LogP contribution >= 0.6 is 0 Å². The summed E-state index contributed by atoms with van der Waals surface area (Å²) in [5.74, 6) is -2.94. The molecule has 11 heteroatoms. The van der Waals surface area contributed by atoms with Gasteiger partial charge in [-0.2, -0.15) is 31.4 Å². The topological polar surface area (TPSA) is 52.9 Å². The highest BCUT2D eigenvalue weighted by molar-refractivity contribution is 6.03. The number of aliphatic carboxylic acids is 1. The van der Waals surface area contributed by atoms with Crippen molar-refractivity contribution in [3.63, 3.8) is 0 Å². The molecule has 0 spiro atoms. The highest BCUT2D eigenvalue weighted by atomic mass is 19.4. The van der Waals surface area contributed by atoms with Gasteiger partial charge in [0, 0.05) is 18.3 Å². The first-order valence-electron chi connectivity index (χ1n) is 9.63. The maximum atomic E-state index is 13.7. The Morgan fingerprint density at radius 2 is 1.68 bits per heavy atom. The molecule has 182 valence electrons. The summed E-state index contributed by atoms with van der Waals surface area (Å²) < 4.78 is 93.1. The molecule has 0 bridgehead atoms. The molecule has 1 aliphatic rings. The first-order chi connectivity index (χ1) is 15.7. The summed E-state index contributed by atoms with van der Waals surface area (Å²) in [6.45, 7) is 6.31. The number of benzene rings is 1. The summed E-state index contributed by atoms with van der Waals surface area (Å²) in [7, 11) is 0. The first-order valence-corrected chi connectivity index (χ1v) is 9.63. The summed E-state index contributed by atoms with van der Waals surface area (Å²) in [6, 6.07) is 1.09. The lowest BCUT2D eigenvalue weighted by Crippen LogP contribution is -2.22. The molecule has 0 amide bonds. The monoisotopic (exact) mass is 488 g/mol. The van der Waals surface area contributed by atoms with Crippen molar-refractivity contribution in [1.82, 2.24) is 5.01 Å². The first kappa shape index (κ1) is 26.6. The molecule has 1 aliphatic heterocycles. The van der Waals surface area contributed by atoms with Crippen molar-refractivity contribution in [3.8, 4) is 0 Å². The minimum atomic E-state index is -5.04. The van der Waals surface area contributed by atoms with Crippen LogP contribution in [0.4, 0.5) is 30.7 Å². The van der Waals surface area contributed by atoms with E-state index in [0.717, 1.165) is 29.4 Å². The lowest BCUT2D eigenvalue weighted by molar-refractivity contribution is -0.143. The van der Waals surface area contributed by atoms with Gasteiger partial charge in [-0.15, -0.1) is 0 Å². The van der Waals surface area contributed by atoms with E-state index < -0.39 is 52.3 Å². The Morgan fingerprint density at radius 1 is 1.12 bits per heavy atom. The Bertz CT molecular complexity index is 1090. The maximum Gasteiger partial charge on any atom is 0.416 e. The predicted octanol–water partition coefficient (Wildman–Crippen LogP) is 6.85. The molecule has 0 radical (unpaired) electrons. The van der Waals surface area contributed by atoms with Gasteiger partial charge in [0.15, 0.2) is 0 Å². The summed E-state index contributed by atoms with van der Waals surface area (Å²) in [6.07, 6.45) is -3.39. The second-order valence-corrected chi connectivity index (χ2v) is 7.12. The molecule has 2 rings (SSSR count). The Hall–Kier alpha value is -3.63. The number of rotatable bonds is 6. The van der Waals surface area contributed by atoms with Gasteiger partial charge in [-0.05, 0) is 42.3 Å². The molecule has 0 aromatic heterocycles. The van der Waals surface area contributed by atoms with Crippen molar-refractivity contribution in [2.24, 2.45) is 11.0 Å². The minimum absolute atomic E-state index is 0.00451. The molecular weight excluding hydrogens is 469 g/mol. The number of hydrazone groups is 1. The quantitative estimate of drug-likeness (QED) is 0.271. The molecule has 0 fully saturated rings. The normalized spacial score (nSPS) is 18.1. The van der Waals surface area contributed by atoms with Crippen molar-refractivity contribution < 1.29 is 40.6 Å². The average Bonchev–Trinajstić information content (AvgIpc) is 2.75. The lowest BCUT2D eigenvalue weighted by atomic mass is 9.94. The van der Waals surface area contributed by atoms with E-state index in [1.807, 2.05) is 0 Å². The Labute approximate surface area is 190 Å². The fourth-order valence-electron chi connectivity index (χ4n) is 2.92. The molecule has 1 N–H and O–H groups in total. The number of carbonyl (C=O) groups is 1. The van der Waals surface area contributed by atoms with Gasteiger partial charge in [-0.25, -0.2) is 14.2 Å². The van der Waals surface area contributed by atoms with Crippen LogP contribution in [0.5, 0.6) is 0 Å². The molecule has 0 saturated heterocycles. The molecule has 1 aromatic carbocycles. The number of allylic oxidation sites excluding steroid dienone is 5. The van der Waals surface area contributed by atoms with Crippen LogP contribution in [0.3, 0.4) is 0 Å². The third-order valence-corrected chi connectivity index (χ3v) is 4.66. The van der Waals surface area contributed by atoms with E-state index in [0.29, 0.717) is 12.1 Å². The predicted molar refractivity (Wildman–Crippen MR) is 112 cm³/mol. The number of nitrogens with zero attached hydrogens (tertiary/aromatic N) is 2. The number of alkyl halides is 6. The molecule has 1 heterocycles. The van der Waals surface area contributed by atoms with Crippen LogP contribution in [0.2, 0.25) is 0 Å². The summed E-state index contributed by atoms with van der Waals surface area (Å²) in [5.41, 5.74) is -4.21. The second-order valence-electron chi connectivity index (χ2n) is 7.12. The van der Waals surface area contributed by atoms with E-state index in [9.17, 15) is 40.6 Å². The Balaban J connectivity index is 2.66. The SMILES string of the molecule is C=CC(=C\C(F)=C/C)/C(=C\N1C=CC(C)C(c2cc(C(F)(F)F)cc(C(F)(F)F)c2)=N1)C(=O)O. The molecule has 4 nitrogen and oxygen atoms in total. The van der Waals surface area contributed by atoms with Crippen molar-refractivity contribution in [3.05, 3.63) is 95.1 Å². The van der Waals surface area contributed by atoms with Gasteiger partial charge < -0.3 is 5.11 Å². The van der Waals surface area contributed by atoms with Gasteiger partial charge in [-0.1, -0.05) is 31.7 Å². The van der Waals surface area contributed by atoms with Crippen LogP contribution in [0.1, 0.15) is 30.5 Å². The summed E-state index contributed by atoms with van der Waals surface area (Å²) in [4.78, 5) is 11.7. The van der Waals surface area contributed by atoms with Crippen molar-refractivity contribution in [2.45, 2.75) is 26.2 Å². The van der Waals surface area contributed by atoms with E-state index in [1.54, 1.807) is 0 Å². The summed E-state index contributed by atoms with van der Waals surface area (Å²) >= 11 is 0. The number of hydrogen-bond acceptors (Lipinski definition) is 3. The Morgan fingerprint density at radius 3 is 2.12 bits per heavy atom. The van der Waals surface area contributed by atoms with Gasteiger partial charge in [0.1, 0.15) is 5.83 Å². The zero-order valence-electron chi connectivity index (χ0n) is 17.9. The number of carboxylic acids is 1. The van der Waals surface area contributed by atoms with Crippen molar-refractivity contribution >= 4 is 11.7 Å². The number of carboxylic acid groups (broad SMARTS) is 1. The third-order valence-electron chi connectivity index (χ3n) is 4.66. The second kappa shape index (κ2) is 10.1. The standard InChI is InChI=1S/C23H19F7N2O2/c1-4-14(10-18(24)5-2)19(21(33)34)12-32-7-6-13(3)20(31-32)15-8-16(22(25,26)27)11-17(9-15)23(28,29)30/h4-13H,1H2,2-3H3,(H,33,34)/b14-10+,18-5+,19-12+. The van der Waals surface area contributed by atoms with Crippen molar-refractivity contribution in [1.29, 1.82) is 0 Å². The van der Waals surface area contributed by atoms with E-state index in [4.69, 9.17) is 0 Å². The highest BCUT2D eigenvalue weighted by Gasteiger charge is 2.37. The van der Waals surface area contributed by atoms with Crippen LogP contribution in [-0.2, 0) is 17.1 Å². The van der Waals surface area contributed by atoms with E-state index in [2.05, 4.69) is 11.7 Å². The third kappa shape index (κ3) is 6.46. The molecule has 0 saturated carbocycles. The number of halogens is 7. The van der Waals surface area contributed by atoms with Gasteiger partial charge in [0.25, 0.3) is 0 Å². The average molecular weight is 488 g/mol. The lowest BCUT2D eigenvalue weighted by Gasteiger charge is -2.23. The minimum Gasteiger partial charge on any atom is -0.478 e. The van der Waals surface area contributed by atoms with Crippen LogP contribution in [0.25, 0.3) is 0 Å². The number of hydrogen-bond donors (Lipinski definition) is 1. The summed E-state index contributed by atoms with van der Waals surface area (Å²) in [5, 5.41) is 14.5. The van der Waals surface area contributed by atoms with Gasteiger partial charge in [0.05, 0.1) is 22.4 Å². The van der Waals surface area contributed by atoms with Gasteiger partial charge >= 0.3 is 18.3 Å². The molecular formula is C23H19F7N2O2. The van der Waals surface area contributed by atoms with E-state index in [-0.39, 0.29) is 17.4 Å². The van der Waals surface area contributed by atoms with Crippen LogP contribution in [0.15, 0.2) is 83.6 Å². The fourth-order valence-corrected chi connectivity index (χ4v) is 2.92. The van der Waals surface area contributed by atoms with Crippen LogP contribution < -0.4 is 0 Å². The Kier molecular flexibility index (Phi) is 7.91. The van der Waals surface area contributed by atoms with Gasteiger partial charge in [-0.3, -0.25) is 0 Å². The fraction of sp³-hybridized carbons (Fsp3) is 0.217. The zero-order valence-corrected chi connectivity index (χ0v) is 17.9. The van der Waals surface area contributed by atoms with Gasteiger partial charge in [0.2, 0.25) is 0 Å². The smallest absolute Gasteiger partial charge is 0.416 e. The zero-order chi connectivity index (χ0) is 25.8. The maximum absolute atomic E-state index is 13.7. The molecule has 1 atom stereocenters. The molecule has 1 unspecified atom stereocenters. The largest absolute Gasteiger partial charge is 0.478 e.